The summed E-state index contributed by atoms with van der Waals surface area (Å²) in [5, 5.41) is -0.166. The number of rotatable bonds is 2. The van der Waals surface area contributed by atoms with Crippen LogP contribution in [0.1, 0.15) is 31.7 Å². The number of ether oxygens (including phenoxy) is 1. The summed E-state index contributed by atoms with van der Waals surface area (Å²) in [5.74, 6) is 0.600. The summed E-state index contributed by atoms with van der Waals surface area (Å²) in [6.45, 7) is 5.46. The molecule has 1 heterocycles. The van der Waals surface area contributed by atoms with Gasteiger partial charge in [0.05, 0.1) is 0 Å². The summed E-state index contributed by atoms with van der Waals surface area (Å²) in [4.78, 5) is 25.1. The van der Waals surface area contributed by atoms with E-state index in [4.69, 9.17) is 4.74 Å². The number of benzene rings is 1. The molecular formula is C15H19NO3S. The quantitative estimate of drug-likeness (QED) is 0.785. The molecule has 20 heavy (non-hydrogen) atoms. The van der Waals surface area contributed by atoms with Gasteiger partial charge in [0.2, 0.25) is 0 Å². The molecule has 0 aliphatic carbocycles. The third kappa shape index (κ3) is 3.33. The van der Waals surface area contributed by atoms with Crippen molar-refractivity contribution in [1.82, 2.24) is 4.90 Å². The number of thioether (sulfide) groups is 1. The maximum Gasteiger partial charge on any atom is 0.412 e. The van der Waals surface area contributed by atoms with Crippen molar-refractivity contribution in [1.29, 1.82) is 0 Å². The Balaban J connectivity index is 2.24. The molecule has 1 aliphatic heterocycles. The Morgan fingerprint density at radius 3 is 2.55 bits per heavy atom. The van der Waals surface area contributed by atoms with Gasteiger partial charge >= 0.3 is 6.09 Å². The normalized spacial score (nSPS) is 22.6. The molecule has 0 radical (unpaired) electrons. The topological polar surface area (TPSA) is 46.6 Å². The lowest BCUT2D eigenvalue weighted by Crippen LogP contribution is -2.42. The van der Waals surface area contributed by atoms with Gasteiger partial charge in [-0.1, -0.05) is 30.3 Å². The molecule has 0 N–H and O–H groups in total. The van der Waals surface area contributed by atoms with Gasteiger partial charge in [0.25, 0.3) is 0 Å². The van der Waals surface area contributed by atoms with Gasteiger partial charge in [-0.15, -0.1) is 11.8 Å². The van der Waals surface area contributed by atoms with E-state index in [-0.39, 0.29) is 5.37 Å². The maximum absolute atomic E-state index is 12.3. The van der Waals surface area contributed by atoms with Crippen LogP contribution < -0.4 is 0 Å². The zero-order chi connectivity index (χ0) is 14.8. The molecule has 5 heteroatoms. The van der Waals surface area contributed by atoms with Gasteiger partial charge in [0, 0.05) is 5.75 Å². The molecule has 0 bridgehead atoms. The Labute approximate surface area is 123 Å². The van der Waals surface area contributed by atoms with Crippen LogP contribution in [0.15, 0.2) is 30.3 Å². The van der Waals surface area contributed by atoms with Gasteiger partial charge in [0.1, 0.15) is 23.3 Å². The van der Waals surface area contributed by atoms with Crippen LogP contribution >= 0.6 is 11.8 Å². The molecule has 1 amide bonds. The minimum Gasteiger partial charge on any atom is -0.444 e. The molecule has 1 aromatic carbocycles. The van der Waals surface area contributed by atoms with E-state index in [1.165, 1.54) is 4.90 Å². The van der Waals surface area contributed by atoms with Crippen molar-refractivity contribution in [3.8, 4) is 0 Å². The first kappa shape index (κ1) is 14.9. The van der Waals surface area contributed by atoms with Crippen LogP contribution in [0, 0.1) is 0 Å². The van der Waals surface area contributed by atoms with Crippen molar-refractivity contribution in [2.75, 3.05) is 5.75 Å². The van der Waals surface area contributed by atoms with E-state index >= 15 is 0 Å². The lowest BCUT2D eigenvalue weighted by atomic mass is 10.2. The van der Waals surface area contributed by atoms with Crippen molar-refractivity contribution < 1.29 is 14.3 Å². The van der Waals surface area contributed by atoms with Crippen LogP contribution in [0.25, 0.3) is 0 Å². The number of hydrogen-bond acceptors (Lipinski definition) is 4. The Morgan fingerprint density at radius 2 is 2.00 bits per heavy atom. The molecule has 1 aliphatic rings. The Kier molecular flexibility index (Phi) is 4.38. The van der Waals surface area contributed by atoms with E-state index in [2.05, 4.69) is 0 Å². The molecule has 2 atom stereocenters. The summed E-state index contributed by atoms with van der Waals surface area (Å²) < 4.78 is 5.42. The number of carbonyl (C=O) groups excluding carboxylic acids is 2. The van der Waals surface area contributed by atoms with Crippen LogP contribution in [0.4, 0.5) is 4.79 Å². The first-order chi connectivity index (χ1) is 9.42. The van der Waals surface area contributed by atoms with E-state index in [9.17, 15) is 9.59 Å². The number of hydrogen-bond donors (Lipinski definition) is 0. The Hall–Kier alpha value is -1.49. The molecule has 1 aromatic rings. The monoisotopic (exact) mass is 293 g/mol. The minimum absolute atomic E-state index is 0.166. The SMILES string of the molecule is CC(C)(C)OC(=O)N1[C@H](C=O)CS[C@@H]1c1ccccc1. The smallest absolute Gasteiger partial charge is 0.412 e. The molecule has 1 fully saturated rings. The molecule has 0 unspecified atom stereocenters. The summed E-state index contributed by atoms with van der Waals surface area (Å²) in [6, 6.07) is 9.28. The van der Waals surface area contributed by atoms with Crippen LogP contribution in [0.3, 0.4) is 0 Å². The van der Waals surface area contributed by atoms with Gasteiger partial charge in [-0.3, -0.25) is 4.90 Å². The Morgan fingerprint density at radius 1 is 1.35 bits per heavy atom. The molecule has 4 nitrogen and oxygen atoms in total. The molecule has 2 rings (SSSR count). The largest absolute Gasteiger partial charge is 0.444 e. The van der Waals surface area contributed by atoms with Gasteiger partial charge < -0.3 is 9.53 Å². The lowest BCUT2D eigenvalue weighted by Gasteiger charge is -2.30. The average molecular weight is 293 g/mol. The fourth-order valence-corrected chi connectivity index (χ4v) is 3.42. The second-order valence-electron chi connectivity index (χ2n) is 5.69. The Bertz CT molecular complexity index is 484. The zero-order valence-corrected chi connectivity index (χ0v) is 12.7. The van der Waals surface area contributed by atoms with Crippen molar-refractivity contribution in [2.24, 2.45) is 0 Å². The molecule has 1 saturated heterocycles. The fraction of sp³-hybridized carbons (Fsp3) is 0.467. The van der Waals surface area contributed by atoms with Gasteiger partial charge in [-0.25, -0.2) is 4.79 Å². The van der Waals surface area contributed by atoms with Crippen molar-refractivity contribution in [2.45, 2.75) is 37.8 Å². The van der Waals surface area contributed by atoms with Crippen LogP contribution in [0.2, 0.25) is 0 Å². The van der Waals surface area contributed by atoms with E-state index < -0.39 is 17.7 Å². The highest BCUT2D eigenvalue weighted by Crippen LogP contribution is 2.41. The van der Waals surface area contributed by atoms with E-state index in [0.717, 1.165) is 11.8 Å². The highest BCUT2D eigenvalue weighted by atomic mass is 32.2. The maximum atomic E-state index is 12.3. The molecular weight excluding hydrogens is 274 g/mol. The number of nitrogens with zero attached hydrogens (tertiary/aromatic N) is 1. The van der Waals surface area contributed by atoms with Gasteiger partial charge in [0.15, 0.2) is 0 Å². The van der Waals surface area contributed by atoms with E-state index in [0.29, 0.717) is 5.75 Å². The van der Waals surface area contributed by atoms with E-state index in [1.807, 2.05) is 51.1 Å². The molecule has 0 saturated carbocycles. The van der Waals surface area contributed by atoms with Crippen molar-refractivity contribution in [3.63, 3.8) is 0 Å². The zero-order valence-electron chi connectivity index (χ0n) is 11.9. The predicted octanol–water partition coefficient (Wildman–Crippen LogP) is 3.24. The highest BCUT2D eigenvalue weighted by molar-refractivity contribution is 7.99. The summed E-state index contributed by atoms with van der Waals surface area (Å²) in [5.41, 5.74) is 0.437. The summed E-state index contributed by atoms with van der Waals surface area (Å²) >= 11 is 1.58. The van der Waals surface area contributed by atoms with Gasteiger partial charge in [-0.05, 0) is 26.3 Å². The number of aldehydes is 1. The first-order valence-corrected chi connectivity index (χ1v) is 7.60. The molecule has 108 valence electrons. The van der Waals surface area contributed by atoms with Gasteiger partial charge in [-0.2, -0.15) is 0 Å². The minimum atomic E-state index is -0.570. The standard InChI is InChI=1S/C15H19NO3S/c1-15(2,3)19-14(18)16-12(9-17)10-20-13(16)11-7-5-4-6-8-11/h4-9,12-13H,10H2,1-3H3/t12-,13-/m1/s1. The number of amides is 1. The van der Waals surface area contributed by atoms with Crippen molar-refractivity contribution in [3.05, 3.63) is 35.9 Å². The summed E-state index contributed by atoms with van der Waals surface area (Å²) in [7, 11) is 0. The number of carbonyl (C=O) groups is 2. The van der Waals surface area contributed by atoms with Crippen LogP contribution in [-0.4, -0.2) is 34.7 Å². The van der Waals surface area contributed by atoms with Crippen molar-refractivity contribution >= 4 is 24.1 Å². The first-order valence-electron chi connectivity index (χ1n) is 6.55. The second-order valence-corrected chi connectivity index (χ2v) is 6.80. The summed E-state index contributed by atoms with van der Waals surface area (Å²) in [6.07, 6.45) is 0.383. The average Bonchev–Trinajstić information content (AvgIpc) is 2.81. The molecule has 0 aromatic heterocycles. The predicted molar refractivity (Wildman–Crippen MR) is 79.6 cm³/mol. The highest BCUT2D eigenvalue weighted by Gasteiger charge is 2.40. The lowest BCUT2D eigenvalue weighted by molar-refractivity contribution is -0.111. The third-order valence-corrected chi connectivity index (χ3v) is 4.23. The fourth-order valence-electron chi connectivity index (χ4n) is 2.05. The van der Waals surface area contributed by atoms with E-state index in [1.54, 1.807) is 11.8 Å². The second kappa shape index (κ2) is 5.87. The van der Waals surface area contributed by atoms with Crippen LogP contribution in [-0.2, 0) is 9.53 Å². The molecule has 0 spiro atoms. The third-order valence-electron chi connectivity index (χ3n) is 2.88. The van der Waals surface area contributed by atoms with Crippen LogP contribution in [0.5, 0.6) is 0 Å².